The summed E-state index contributed by atoms with van der Waals surface area (Å²) in [6, 6.07) is 0.497. The molecule has 2 heterocycles. The second kappa shape index (κ2) is 6.72. The van der Waals surface area contributed by atoms with Gasteiger partial charge in [-0.15, -0.1) is 12.4 Å². The molecule has 1 amide bonds. The molecule has 1 N–H and O–H groups in total. The molecule has 0 aliphatic carbocycles. The molecule has 94 valence electrons. The number of hydrogen-bond acceptors (Lipinski definition) is 3. The van der Waals surface area contributed by atoms with Crippen LogP contribution in [0.3, 0.4) is 0 Å². The maximum atomic E-state index is 12.0. The third kappa shape index (κ3) is 3.54. The summed E-state index contributed by atoms with van der Waals surface area (Å²) in [6.45, 7) is 2.11. The Morgan fingerprint density at radius 3 is 2.88 bits per heavy atom. The van der Waals surface area contributed by atoms with E-state index in [9.17, 15) is 4.79 Å². The van der Waals surface area contributed by atoms with Crippen molar-refractivity contribution in [2.24, 2.45) is 5.92 Å². The van der Waals surface area contributed by atoms with Crippen LogP contribution in [0.15, 0.2) is 0 Å². The summed E-state index contributed by atoms with van der Waals surface area (Å²) in [5.41, 5.74) is 0. The predicted octanol–water partition coefficient (Wildman–Crippen LogP) is 1.37. The summed E-state index contributed by atoms with van der Waals surface area (Å²) in [6.07, 6.45) is 3.08. The van der Waals surface area contributed by atoms with Crippen molar-refractivity contribution in [3.63, 3.8) is 0 Å². The van der Waals surface area contributed by atoms with E-state index in [0.717, 1.165) is 25.3 Å². The van der Waals surface area contributed by atoms with Crippen LogP contribution in [0.5, 0.6) is 0 Å². The summed E-state index contributed by atoms with van der Waals surface area (Å²) in [7, 11) is 1.97. The van der Waals surface area contributed by atoms with E-state index in [1.54, 1.807) is 0 Å². The minimum atomic E-state index is 0. The Morgan fingerprint density at radius 1 is 1.50 bits per heavy atom. The molecule has 2 rings (SSSR count). The fourth-order valence-corrected chi connectivity index (χ4v) is 3.58. The predicted molar refractivity (Wildman–Crippen MR) is 71.3 cm³/mol. The Morgan fingerprint density at radius 2 is 2.31 bits per heavy atom. The summed E-state index contributed by atoms with van der Waals surface area (Å²) >= 11 is 1.96. The standard InChI is InChI=1S/C11H20N2OS.ClH/c1-13(10-3-5-15-8-10)11(14)6-9-2-4-12-7-9;/h9-10,12H,2-8H2,1H3;1H. The molecule has 5 heteroatoms. The van der Waals surface area contributed by atoms with Gasteiger partial charge in [-0.1, -0.05) is 0 Å². The number of nitrogens with zero attached hydrogens (tertiary/aromatic N) is 1. The van der Waals surface area contributed by atoms with Crippen molar-refractivity contribution < 1.29 is 4.79 Å². The summed E-state index contributed by atoms with van der Waals surface area (Å²) in [5.74, 6) is 3.27. The highest BCUT2D eigenvalue weighted by atomic mass is 35.5. The molecule has 0 aromatic carbocycles. The van der Waals surface area contributed by atoms with E-state index in [1.165, 1.54) is 18.6 Å². The van der Waals surface area contributed by atoms with Gasteiger partial charge in [0.25, 0.3) is 0 Å². The monoisotopic (exact) mass is 264 g/mol. The number of thioether (sulfide) groups is 1. The van der Waals surface area contributed by atoms with Gasteiger partial charge in [0.1, 0.15) is 0 Å². The molecule has 2 aliphatic heterocycles. The minimum absolute atomic E-state index is 0. The molecule has 3 nitrogen and oxygen atoms in total. The molecule has 2 unspecified atom stereocenters. The molecule has 2 atom stereocenters. The van der Waals surface area contributed by atoms with Gasteiger partial charge in [-0.05, 0) is 37.6 Å². The van der Waals surface area contributed by atoms with Gasteiger partial charge in [-0.2, -0.15) is 11.8 Å². The first-order valence-corrected chi connectivity index (χ1v) is 6.97. The van der Waals surface area contributed by atoms with Crippen molar-refractivity contribution in [1.29, 1.82) is 0 Å². The highest BCUT2D eigenvalue weighted by Gasteiger charge is 2.26. The molecule has 2 aliphatic rings. The summed E-state index contributed by atoms with van der Waals surface area (Å²) in [4.78, 5) is 14.0. The second-order valence-corrected chi connectivity index (χ2v) is 5.73. The van der Waals surface area contributed by atoms with Crippen molar-refractivity contribution in [2.45, 2.75) is 25.3 Å². The van der Waals surface area contributed by atoms with Crippen LogP contribution in [0.4, 0.5) is 0 Å². The lowest BCUT2D eigenvalue weighted by Gasteiger charge is -2.25. The van der Waals surface area contributed by atoms with E-state index in [1.807, 2.05) is 23.7 Å². The number of amides is 1. The van der Waals surface area contributed by atoms with Gasteiger partial charge in [0, 0.05) is 25.3 Å². The van der Waals surface area contributed by atoms with Crippen LogP contribution >= 0.6 is 24.2 Å². The fourth-order valence-electron chi connectivity index (χ4n) is 2.31. The minimum Gasteiger partial charge on any atom is -0.342 e. The number of nitrogens with one attached hydrogen (secondary N) is 1. The van der Waals surface area contributed by atoms with Crippen LogP contribution in [0.1, 0.15) is 19.3 Å². The molecule has 0 spiro atoms. The molecule has 0 bridgehead atoms. The SMILES string of the molecule is CN(C(=O)CC1CCNC1)C1CCSC1.Cl. The molecule has 16 heavy (non-hydrogen) atoms. The van der Waals surface area contributed by atoms with Crippen LogP contribution in [0.2, 0.25) is 0 Å². The van der Waals surface area contributed by atoms with Crippen molar-refractivity contribution in [3.8, 4) is 0 Å². The number of carbonyl (C=O) groups excluding carboxylic acids is 1. The molecule has 0 saturated carbocycles. The molecule has 0 aromatic heterocycles. The van der Waals surface area contributed by atoms with Crippen LogP contribution in [-0.2, 0) is 4.79 Å². The van der Waals surface area contributed by atoms with Crippen molar-refractivity contribution in [3.05, 3.63) is 0 Å². The Hall–Kier alpha value is 0.0700. The zero-order chi connectivity index (χ0) is 10.7. The maximum absolute atomic E-state index is 12.0. The lowest BCUT2D eigenvalue weighted by atomic mass is 10.0. The van der Waals surface area contributed by atoms with E-state index in [2.05, 4.69) is 5.32 Å². The van der Waals surface area contributed by atoms with E-state index < -0.39 is 0 Å². The number of rotatable bonds is 3. The molecule has 0 aromatic rings. The lowest BCUT2D eigenvalue weighted by molar-refractivity contribution is -0.132. The quantitative estimate of drug-likeness (QED) is 0.836. The third-order valence-corrected chi connectivity index (χ3v) is 4.62. The van der Waals surface area contributed by atoms with Crippen LogP contribution < -0.4 is 5.32 Å². The smallest absolute Gasteiger partial charge is 0.222 e. The van der Waals surface area contributed by atoms with Crippen LogP contribution in [-0.4, -0.2) is 48.5 Å². The Labute approximate surface area is 108 Å². The average Bonchev–Trinajstić information content (AvgIpc) is 2.88. The number of carbonyl (C=O) groups is 1. The van der Waals surface area contributed by atoms with Gasteiger partial charge in [0.15, 0.2) is 0 Å². The van der Waals surface area contributed by atoms with Gasteiger partial charge in [-0.25, -0.2) is 0 Å². The zero-order valence-corrected chi connectivity index (χ0v) is 11.4. The molecular weight excluding hydrogens is 244 g/mol. The first-order valence-electron chi connectivity index (χ1n) is 5.81. The van der Waals surface area contributed by atoms with Gasteiger partial charge < -0.3 is 10.2 Å². The highest BCUT2D eigenvalue weighted by Crippen LogP contribution is 2.23. The largest absolute Gasteiger partial charge is 0.342 e. The number of halogens is 1. The molecule has 2 fully saturated rings. The van der Waals surface area contributed by atoms with Gasteiger partial charge >= 0.3 is 0 Å². The van der Waals surface area contributed by atoms with Crippen LogP contribution in [0.25, 0.3) is 0 Å². The van der Waals surface area contributed by atoms with Crippen molar-refractivity contribution in [2.75, 3.05) is 31.6 Å². The van der Waals surface area contributed by atoms with Gasteiger partial charge in [0.2, 0.25) is 5.91 Å². The van der Waals surface area contributed by atoms with E-state index in [4.69, 9.17) is 0 Å². The third-order valence-electron chi connectivity index (χ3n) is 3.47. The fraction of sp³-hybridized carbons (Fsp3) is 0.909. The van der Waals surface area contributed by atoms with E-state index in [-0.39, 0.29) is 12.4 Å². The van der Waals surface area contributed by atoms with Crippen LogP contribution in [0, 0.1) is 5.92 Å². The van der Waals surface area contributed by atoms with Gasteiger partial charge in [0.05, 0.1) is 0 Å². The Balaban J connectivity index is 0.00000128. The molecule has 0 radical (unpaired) electrons. The molecule has 2 saturated heterocycles. The first-order chi connectivity index (χ1) is 7.27. The van der Waals surface area contributed by atoms with E-state index >= 15 is 0 Å². The van der Waals surface area contributed by atoms with Crippen molar-refractivity contribution >= 4 is 30.1 Å². The summed E-state index contributed by atoms with van der Waals surface area (Å²) < 4.78 is 0. The lowest BCUT2D eigenvalue weighted by Crippen LogP contribution is -2.38. The zero-order valence-electron chi connectivity index (χ0n) is 9.78. The Bertz CT molecular complexity index is 228. The highest BCUT2D eigenvalue weighted by molar-refractivity contribution is 7.99. The average molecular weight is 265 g/mol. The van der Waals surface area contributed by atoms with E-state index in [0.29, 0.717) is 17.9 Å². The number of hydrogen-bond donors (Lipinski definition) is 1. The van der Waals surface area contributed by atoms with Crippen molar-refractivity contribution in [1.82, 2.24) is 10.2 Å². The second-order valence-electron chi connectivity index (χ2n) is 4.59. The summed E-state index contributed by atoms with van der Waals surface area (Å²) in [5, 5.41) is 3.31. The normalized spacial score (nSPS) is 28.8. The first kappa shape index (κ1) is 14.1. The molecular formula is C11H21ClN2OS. The maximum Gasteiger partial charge on any atom is 0.222 e. The Kier molecular flexibility index (Phi) is 5.94. The van der Waals surface area contributed by atoms with Gasteiger partial charge in [-0.3, -0.25) is 4.79 Å². The topological polar surface area (TPSA) is 32.3 Å².